The summed E-state index contributed by atoms with van der Waals surface area (Å²) in [5.74, 6) is 3.01. The lowest BCUT2D eigenvalue weighted by Gasteiger charge is -2.41. The second kappa shape index (κ2) is 5.91. The fourth-order valence-electron chi connectivity index (χ4n) is 3.85. The van der Waals surface area contributed by atoms with Crippen molar-refractivity contribution in [2.24, 2.45) is 11.8 Å². The van der Waals surface area contributed by atoms with Gasteiger partial charge in [0.25, 0.3) is 0 Å². The molecule has 3 rings (SSSR count). The summed E-state index contributed by atoms with van der Waals surface area (Å²) in [5.41, 5.74) is 1.33. The van der Waals surface area contributed by atoms with Crippen LogP contribution in [0.1, 0.15) is 37.7 Å². The zero-order valence-electron chi connectivity index (χ0n) is 11.9. The number of hydrogen-bond donors (Lipinski definition) is 1. The lowest BCUT2D eigenvalue weighted by Crippen LogP contribution is -2.41. The summed E-state index contributed by atoms with van der Waals surface area (Å²) < 4.78 is 0. The molecule has 0 spiro atoms. The van der Waals surface area contributed by atoms with E-state index in [9.17, 15) is 0 Å². The minimum atomic E-state index is 0.956. The number of piperidine rings is 1. The van der Waals surface area contributed by atoms with Crippen LogP contribution in [0.25, 0.3) is 0 Å². The Morgan fingerprint density at radius 3 is 2.95 bits per heavy atom. The quantitative estimate of drug-likeness (QED) is 0.904. The zero-order valence-corrected chi connectivity index (χ0v) is 11.9. The van der Waals surface area contributed by atoms with E-state index in [1.807, 2.05) is 19.3 Å². The highest BCUT2D eigenvalue weighted by molar-refractivity contribution is 5.42. The molecule has 1 N–H and O–H groups in total. The average molecular weight is 259 g/mol. The first kappa shape index (κ1) is 12.9. The van der Waals surface area contributed by atoms with E-state index < -0.39 is 0 Å². The molecular formula is C16H25N3. The topological polar surface area (TPSA) is 28.2 Å². The van der Waals surface area contributed by atoms with Gasteiger partial charge < -0.3 is 5.32 Å². The Labute approximate surface area is 116 Å². The van der Waals surface area contributed by atoms with Gasteiger partial charge >= 0.3 is 0 Å². The Hall–Kier alpha value is -1.09. The smallest absolute Gasteiger partial charge is 0.130 e. The Bertz CT molecular complexity index is 418. The molecular weight excluding hydrogens is 234 g/mol. The van der Waals surface area contributed by atoms with E-state index in [0.29, 0.717) is 0 Å². The van der Waals surface area contributed by atoms with Gasteiger partial charge in [-0.2, -0.15) is 0 Å². The second-order valence-corrected chi connectivity index (χ2v) is 6.09. The summed E-state index contributed by atoms with van der Waals surface area (Å²) >= 11 is 0. The molecule has 2 aliphatic rings. The molecule has 0 bridgehead atoms. The van der Waals surface area contributed by atoms with Crippen molar-refractivity contribution in [1.29, 1.82) is 0 Å². The van der Waals surface area contributed by atoms with Gasteiger partial charge in [-0.25, -0.2) is 4.98 Å². The van der Waals surface area contributed by atoms with Crippen molar-refractivity contribution in [2.45, 2.75) is 38.6 Å². The third kappa shape index (κ3) is 2.92. The number of rotatable bonds is 3. The van der Waals surface area contributed by atoms with E-state index in [4.69, 9.17) is 0 Å². The Kier molecular flexibility index (Phi) is 4.02. The summed E-state index contributed by atoms with van der Waals surface area (Å²) in [4.78, 5) is 7.04. The molecule has 1 saturated heterocycles. The van der Waals surface area contributed by atoms with Crippen LogP contribution in [0.2, 0.25) is 0 Å². The number of nitrogens with zero attached hydrogens (tertiary/aromatic N) is 2. The molecule has 1 aromatic rings. The molecule has 0 aromatic carbocycles. The molecule has 2 heterocycles. The van der Waals surface area contributed by atoms with Crippen molar-refractivity contribution < 1.29 is 0 Å². The minimum absolute atomic E-state index is 0.956. The largest absolute Gasteiger partial charge is 0.373 e. The van der Waals surface area contributed by atoms with Crippen LogP contribution in [0.3, 0.4) is 0 Å². The van der Waals surface area contributed by atoms with Crippen LogP contribution in [0, 0.1) is 11.8 Å². The summed E-state index contributed by atoms with van der Waals surface area (Å²) in [6, 6.07) is 4.25. The van der Waals surface area contributed by atoms with Gasteiger partial charge in [0, 0.05) is 31.9 Å². The van der Waals surface area contributed by atoms with E-state index in [1.54, 1.807) is 0 Å². The van der Waals surface area contributed by atoms with Crippen molar-refractivity contribution in [2.75, 3.05) is 25.5 Å². The highest BCUT2D eigenvalue weighted by Crippen LogP contribution is 2.36. The van der Waals surface area contributed by atoms with Crippen LogP contribution in [-0.4, -0.2) is 30.0 Å². The Morgan fingerprint density at radius 2 is 2.11 bits per heavy atom. The predicted octanol–water partition coefficient (Wildman–Crippen LogP) is 3.14. The van der Waals surface area contributed by atoms with Crippen molar-refractivity contribution >= 4 is 5.82 Å². The van der Waals surface area contributed by atoms with Crippen molar-refractivity contribution in [3.05, 3.63) is 23.9 Å². The van der Waals surface area contributed by atoms with Gasteiger partial charge in [0.05, 0.1) is 0 Å². The lowest BCUT2D eigenvalue weighted by molar-refractivity contribution is 0.0821. The minimum Gasteiger partial charge on any atom is -0.373 e. The fraction of sp³-hybridized carbons (Fsp3) is 0.688. The monoisotopic (exact) mass is 259 g/mol. The molecule has 1 aliphatic carbocycles. The molecule has 19 heavy (non-hydrogen) atoms. The molecule has 2 fully saturated rings. The lowest BCUT2D eigenvalue weighted by atomic mass is 9.75. The van der Waals surface area contributed by atoms with Gasteiger partial charge in [-0.05, 0) is 37.3 Å². The summed E-state index contributed by atoms with van der Waals surface area (Å²) in [6.45, 7) is 3.61. The van der Waals surface area contributed by atoms with E-state index in [0.717, 1.165) is 24.2 Å². The van der Waals surface area contributed by atoms with E-state index in [2.05, 4.69) is 21.3 Å². The summed E-state index contributed by atoms with van der Waals surface area (Å²) in [5, 5.41) is 3.20. The Balaban J connectivity index is 1.64. The van der Waals surface area contributed by atoms with Gasteiger partial charge in [0.2, 0.25) is 0 Å². The molecule has 3 heteroatoms. The summed E-state index contributed by atoms with van der Waals surface area (Å²) in [6.07, 6.45) is 9.11. The molecule has 1 saturated carbocycles. The predicted molar refractivity (Wildman–Crippen MR) is 79.1 cm³/mol. The first-order chi connectivity index (χ1) is 9.36. The highest BCUT2D eigenvalue weighted by Gasteiger charge is 2.31. The first-order valence-corrected chi connectivity index (χ1v) is 7.71. The van der Waals surface area contributed by atoms with E-state index in [1.165, 1.54) is 50.8 Å². The highest BCUT2D eigenvalue weighted by atomic mass is 15.1. The maximum atomic E-state index is 4.41. The number of nitrogens with one attached hydrogen (secondary N) is 1. The molecule has 104 valence electrons. The average Bonchev–Trinajstić information content (AvgIpc) is 2.48. The number of pyridine rings is 1. The van der Waals surface area contributed by atoms with Gasteiger partial charge in [0.1, 0.15) is 5.82 Å². The molecule has 2 atom stereocenters. The van der Waals surface area contributed by atoms with Gasteiger partial charge in [0.15, 0.2) is 0 Å². The first-order valence-electron chi connectivity index (χ1n) is 7.71. The SMILES string of the molecule is CNc1ncccc1CN1CCC2CCCCC2C1. The van der Waals surface area contributed by atoms with Crippen LogP contribution < -0.4 is 5.32 Å². The van der Waals surface area contributed by atoms with Crippen LogP contribution in [0.5, 0.6) is 0 Å². The van der Waals surface area contributed by atoms with Crippen molar-refractivity contribution in [3.63, 3.8) is 0 Å². The van der Waals surface area contributed by atoms with E-state index >= 15 is 0 Å². The van der Waals surface area contributed by atoms with Gasteiger partial charge in [-0.15, -0.1) is 0 Å². The number of fused-ring (bicyclic) bond motifs is 1. The molecule has 0 amide bonds. The third-order valence-electron chi connectivity index (χ3n) is 4.90. The molecule has 1 aliphatic heterocycles. The number of aromatic nitrogens is 1. The van der Waals surface area contributed by atoms with Gasteiger partial charge in [-0.3, -0.25) is 4.90 Å². The number of likely N-dealkylation sites (tertiary alicyclic amines) is 1. The summed E-state index contributed by atoms with van der Waals surface area (Å²) in [7, 11) is 1.96. The van der Waals surface area contributed by atoms with Gasteiger partial charge in [-0.1, -0.05) is 25.3 Å². The van der Waals surface area contributed by atoms with Crippen molar-refractivity contribution in [1.82, 2.24) is 9.88 Å². The zero-order chi connectivity index (χ0) is 13.1. The maximum absolute atomic E-state index is 4.41. The fourth-order valence-corrected chi connectivity index (χ4v) is 3.85. The molecule has 3 nitrogen and oxygen atoms in total. The van der Waals surface area contributed by atoms with E-state index in [-0.39, 0.29) is 0 Å². The maximum Gasteiger partial charge on any atom is 0.130 e. The normalized spacial score (nSPS) is 27.8. The Morgan fingerprint density at radius 1 is 1.26 bits per heavy atom. The van der Waals surface area contributed by atoms with Crippen LogP contribution in [0.15, 0.2) is 18.3 Å². The van der Waals surface area contributed by atoms with Crippen LogP contribution in [0.4, 0.5) is 5.82 Å². The van der Waals surface area contributed by atoms with Crippen LogP contribution >= 0.6 is 0 Å². The molecule has 2 unspecified atom stereocenters. The van der Waals surface area contributed by atoms with Crippen LogP contribution in [-0.2, 0) is 6.54 Å². The van der Waals surface area contributed by atoms with Crippen molar-refractivity contribution in [3.8, 4) is 0 Å². The second-order valence-electron chi connectivity index (χ2n) is 6.09. The third-order valence-corrected chi connectivity index (χ3v) is 4.90. The number of anilines is 1. The molecule has 1 aromatic heterocycles. The standard InChI is InChI=1S/C16H25N3/c1-17-16-15(7-4-9-18-16)12-19-10-8-13-5-2-3-6-14(13)11-19/h4,7,9,13-14H,2-3,5-6,8,10-12H2,1H3,(H,17,18). The number of hydrogen-bond acceptors (Lipinski definition) is 3. The molecule has 0 radical (unpaired) electrons.